The van der Waals surface area contributed by atoms with E-state index in [1.54, 1.807) is 25.1 Å². The molecule has 4 atom stereocenters. The van der Waals surface area contributed by atoms with Crippen molar-refractivity contribution in [3.63, 3.8) is 0 Å². The van der Waals surface area contributed by atoms with Crippen molar-refractivity contribution in [2.24, 2.45) is 11.8 Å². The molecule has 0 unspecified atom stereocenters. The third kappa shape index (κ3) is 7.09. The van der Waals surface area contributed by atoms with Crippen LogP contribution >= 0.6 is 0 Å². The maximum Gasteiger partial charge on any atom is 0.408 e. The molecular weight excluding hydrogens is 538 g/mol. The normalized spacial score (nSPS) is 23.8. The van der Waals surface area contributed by atoms with Gasteiger partial charge in [-0.25, -0.2) is 4.39 Å². The van der Waals surface area contributed by atoms with E-state index in [0.717, 1.165) is 24.3 Å². The highest BCUT2D eigenvalue weighted by molar-refractivity contribution is 5.99. The molecular formula is C31H39F4N3O3. The van der Waals surface area contributed by atoms with Crippen LogP contribution in [0, 0.1) is 24.6 Å². The summed E-state index contributed by atoms with van der Waals surface area (Å²) in [5.41, 5.74) is 0.971. The largest absolute Gasteiger partial charge is 0.508 e. The molecule has 2 aromatic rings. The zero-order valence-electron chi connectivity index (χ0n) is 23.8. The van der Waals surface area contributed by atoms with Crippen molar-refractivity contribution in [3.05, 3.63) is 65.0 Å². The van der Waals surface area contributed by atoms with Gasteiger partial charge in [0, 0.05) is 37.0 Å². The molecule has 1 N–H and O–H groups in total. The van der Waals surface area contributed by atoms with Crippen molar-refractivity contribution in [2.45, 2.75) is 50.7 Å². The minimum Gasteiger partial charge on any atom is -0.508 e. The van der Waals surface area contributed by atoms with Gasteiger partial charge in [-0.2, -0.15) is 13.2 Å². The van der Waals surface area contributed by atoms with E-state index >= 15 is 0 Å². The van der Waals surface area contributed by atoms with Crippen molar-refractivity contribution in [3.8, 4) is 5.75 Å². The van der Waals surface area contributed by atoms with Crippen molar-refractivity contribution < 1.29 is 32.3 Å². The number of phenolic OH excluding ortho intramolecular Hbond substituents is 1. The summed E-state index contributed by atoms with van der Waals surface area (Å²) in [4.78, 5) is 33.2. The number of hydrogen-bond acceptors (Lipinski definition) is 5. The van der Waals surface area contributed by atoms with E-state index in [4.69, 9.17) is 0 Å². The van der Waals surface area contributed by atoms with Gasteiger partial charge in [0.15, 0.2) is 5.78 Å². The molecule has 2 saturated heterocycles. The maximum atomic E-state index is 14.9. The molecule has 6 nitrogen and oxygen atoms in total. The average molecular weight is 578 g/mol. The molecule has 2 aliphatic heterocycles. The number of halogens is 4. The van der Waals surface area contributed by atoms with Gasteiger partial charge in [-0.1, -0.05) is 24.3 Å². The summed E-state index contributed by atoms with van der Waals surface area (Å²) in [6.45, 7) is 3.43. The molecule has 2 heterocycles. The van der Waals surface area contributed by atoms with E-state index in [0.29, 0.717) is 12.1 Å². The Balaban J connectivity index is 1.78. The predicted octanol–water partition coefficient (Wildman–Crippen LogP) is 5.25. The molecule has 0 saturated carbocycles. The highest BCUT2D eigenvalue weighted by Crippen LogP contribution is 2.44. The second kappa shape index (κ2) is 12.9. The third-order valence-electron chi connectivity index (χ3n) is 8.47. The zero-order valence-corrected chi connectivity index (χ0v) is 23.8. The molecule has 0 aliphatic carbocycles. The first-order valence-corrected chi connectivity index (χ1v) is 14.2. The molecule has 0 bridgehead atoms. The Morgan fingerprint density at radius 3 is 2.44 bits per heavy atom. The lowest BCUT2D eigenvalue weighted by atomic mass is 9.69. The van der Waals surface area contributed by atoms with E-state index < -0.39 is 41.7 Å². The number of Topliss-reactive ketones (excluding diaryl/α,β-unsaturated/α-hetero) is 1. The number of nitrogens with zero attached hydrogens (tertiary/aromatic N) is 3. The lowest BCUT2D eigenvalue weighted by Crippen LogP contribution is -2.55. The van der Waals surface area contributed by atoms with E-state index in [1.165, 1.54) is 24.3 Å². The second-order valence-corrected chi connectivity index (χ2v) is 11.6. The lowest BCUT2D eigenvalue weighted by molar-refractivity contribution is -0.185. The molecule has 0 aromatic heterocycles. The number of benzene rings is 2. The van der Waals surface area contributed by atoms with Gasteiger partial charge in [0.05, 0.1) is 5.92 Å². The van der Waals surface area contributed by atoms with E-state index in [9.17, 15) is 32.3 Å². The highest BCUT2D eigenvalue weighted by atomic mass is 19.4. The molecule has 0 radical (unpaired) electrons. The van der Waals surface area contributed by atoms with Gasteiger partial charge in [0.25, 0.3) is 0 Å². The number of alkyl halides is 3. The molecule has 224 valence electrons. The van der Waals surface area contributed by atoms with Crippen LogP contribution < -0.4 is 0 Å². The average Bonchev–Trinajstić information content (AvgIpc) is 3.42. The third-order valence-corrected chi connectivity index (χ3v) is 8.47. The second-order valence-electron chi connectivity index (χ2n) is 11.6. The van der Waals surface area contributed by atoms with Crippen molar-refractivity contribution in [2.75, 3.05) is 46.8 Å². The number of likely N-dealkylation sites (tertiary alicyclic amines) is 2. The van der Waals surface area contributed by atoms with Crippen molar-refractivity contribution >= 4 is 11.7 Å². The molecule has 2 aromatic carbocycles. The standard InChI is InChI=1S/C31H39F4N3O3/c1-20-23(11-7-12-26(20)32)28-24(29(40)21-9-6-10-22(39)17-21)18-37(15-5-4-14-36(2)3)19-25(28)30(41)38-16-8-13-27(38)31(33,34)35/h6-7,9-12,17,24-25,27-28,39H,4-5,8,13-16,18-19H2,1-3H3/t24-,25+,27-,28+/m1/s1. The van der Waals surface area contributed by atoms with Crippen LogP contribution in [0.25, 0.3) is 0 Å². The highest BCUT2D eigenvalue weighted by Gasteiger charge is 2.52. The first-order valence-electron chi connectivity index (χ1n) is 14.2. The van der Waals surface area contributed by atoms with Crippen LogP contribution in [0.1, 0.15) is 53.1 Å². The van der Waals surface area contributed by atoms with Gasteiger partial charge in [0.2, 0.25) is 5.91 Å². The van der Waals surface area contributed by atoms with Crippen LogP contribution in [0.15, 0.2) is 42.5 Å². The summed E-state index contributed by atoms with van der Waals surface area (Å²) in [6, 6.07) is 8.52. The fourth-order valence-corrected chi connectivity index (χ4v) is 6.44. The van der Waals surface area contributed by atoms with Crippen molar-refractivity contribution in [1.82, 2.24) is 14.7 Å². The monoisotopic (exact) mass is 577 g/mol. The van der Waals surface area contributed by atoms with Crippen molar-refractivity contribution in [1.29, 1.82) is 0 Å². The number of rotatable bonds is 9. The first kappa shape index (κ1) is 31.0. The summed E-state index contributed by atoms with van der Waals surface area (Å²) in [6.07, 6.45) is -2.82. The Hall–Kier alpha value is -2.98. The number of phenols is 1. The zero-order chi connectivity index (χ0) is 29.9. The Morgan fingerprint density at radius 1 is 1.05 bits per heavy atom. The number of aromatic hydroxyl groups is 1. The number of amides is 1. The van der Waals surface area contributed by atoms with Gasteiger partial charge in [-0.15, -0.1) is 0 Å². The minimum atomic E-state index is -4.56. The van der Waals surface area contributed by atoms with Gasteiger partial charge < -0.3 is 19.8 Å². The fraction of sp³-hybridized carbons (Fsp3) is 0.548. The number of carbonyl (C=O) groups excluding carboxylic acids is 2. The van der Waals surface area contributed by atoms with Crippen LogP contribution in [0.5, 0.6) is 5.75 Å². The molecule has 10 heteroatoms. The summed E-state index contributed by atoms with van der Waals surface area (Å²) in [5.74, 6) is -4.22. The molecule has 2 fully saturated rings. The fourth-order valence-electron chi connectivity index (χ4n) is 6.44. The quantitative estimate of drug-likeness (QED) is 0.251. The number of carbonyl (C=O) groups is 2. The number of hydrogen-bond donors (Lipinski definition) is 1. The Kier molecular flexibility index (Phi) is 9.74. The Bertz CT molecular complexity index is 1240. The molecule has 0 spiro atoms. The van der Waals surface area contributed by atoms with Crippen LogP contribution in [-0.4, -0.2) is 90.5 Å². The number of piperidine rings is 1. The first-order chi connectivity index (χ1) is 19.4. The van der Waals surface area contributed by atoms with Crippen LogP contribution in [0.2, 0.25) is 0 Å². The van der Waals surface area contributed by atoms with Gasteiger partial charge >= 0.3 is 6.18 Å². The SMILES string of the molecule is Cc1c(F)cccc1[C@@H]1[C@@H](C(=O)N2CCC[C@@H]2C(F)(F)F)CN(CCCCN(C)C)C[C@H]1C(=O)c1cccc(O)c1. The molecule has 41 heavy (non-hydrogen) atoms. The Labute approximate surface area is 238 Å². The maximum absolute atomic E-state index is 14.9. The molecule has 1 amide bonds. The van der Waals surface area contributed by atoms with Gasteiger partial charge in [0.1, 0.15) is 17.6 Å². The summed E-state index contributed by atoms with van der Waals surface area (Å²) >= 11 is 0. The van der Waals surface area contributed by atoms with Gasteiger partial charge in [-0.3, -0.25) is 9.59 Å². The number of ketones is 1. The van der Waals surface area contributed by atoms with E-state index in [1.807, 2.05) is 19.0 Å². The summed E-state index contributed by atoms with van der Waals surface area (Å²) in [7, 11) is 3.94. The number of unbranched alkanes of at least 4 members (excludes halogenated alkanes) is 1. The van der Waals surface area contributed by atoms with E-state index in [-0.39, 0.29) is 55.1 Å². The molecule has 4 rings (SSSR count). The predicted molar refractivity (Wildman–Crippen MR) is 148 cm³/mol. The summed E-state index contributed by atoms with van der Waals surface area (Å²) in [5, 5.41) is 10.1. The van der Waals surface area contributed by atoms with Crippen LogP contribution in [0.4, 0.5) is 17.6 Å². The van der Waals surface area contributed by atoms with Crippen LogP contribution in [-0.2, 0) is 4.79 Å². The smallest absolute Gasteiger partial charge is 0.408 e. The minimum absolute atomic E-state index is 0.0115. The van der Waals surface area contributed by atoms with Gasteiger partial charge in [-0.05, 0) is 89.1 Å². The van der Waals surface area contributed by atoms with E-state index in [2.05, 4.69) is 4.90 Å². The molecule has 2 aliphatic rings. The van der Waals surface area contributed by atoms with Crippen LogP contribution in [0.3, 0.4) is 0 Å². The topological polar surface area (TPSA) is 64.1 Å². The Morgan fingerprint density at radius 2 is 1.76 bits per heavy atom. The summed E-state index contributed by atoms with van der Waals surface area (Å²) < 4.78 is 56.7. The lowest BCUT2D eigenvalue weighted by Gasteiger charge is -2.45.